The van der Waals surface area contributed by atoms with Gasteiger partial charge in [-0.25, -0.2) is 0 Å². The zero-order valence-electron chi connectivity index (χ0n) is 8.26. The highest BCUT2D eigenvalue weighted by molar-refractivity contribution is 5.68. The molecule has 5 heteroatoms. The van der Waals surface area contributed by atoms with E-state index in [1.807, 2.05) is 12.2 Å². The van der Waals surface area contributed by atoms with E-state index in [2.05, 4.69) is 0 Å². The van der Waals surface area contributed by atoms with Crippen molar-refractivity contribution in [1.82, 2.24) is 0 Å². The van der Waals surface area contributed by atoms with Crippen LogP contribution in [-0.4, -0.2) is 22.5 Å². The lowest BCUT2D eigenvalue weighted by Crippen LogP contribution is -2.50. The van der Waals surface area contributed by atoms with Crippen molar-refractivity contribution in [1.29, 1.82) is 0 Å². The van der Waals surface area contributed by atoms with Crippen molar-refractivity contribution < 1.29 is 14.8 Å². The average Bonchev–Trinajstić information content (AvgIpc) is 2.44. The van der Waals surface area contributed by atoms with Gasteiger partial charge < -0.3 is 5.11 Å². The number of hydrogen-bond donors (Lipinski definition) is 1. The van der Waals surface area contributed by atoms with Crippen LogP contribution >= 0.6 is 0 Å². The lowest BCUT2D eigenvalue weighted by molar-refractivity contribution is -0.505. The van der Waals surface area contributed by atoms with Gasteiger partial charge in [-0.15, -0.1) is 0 Å². The van der Waals surface area contributed by atoms with Crippen LogP contribution in [0.3, 0.4) is 0 Å². The van der Waals surface area contributed by atoms with Crippen molar-refractivity contribution in [2.75, 3.05) is 6.54 Å². The predicted molar refractivity (Wildman–Crippen MR) is 51.9 cm³/mol. The summed E-state index contributed by atoms with van der Waals surface area (Å²) in [5.41, 5.74) is -0.618. The summed E-state index contributed by atoms with van der Waals surface area (Å²) in [4.78, 5) is 20.9. The highest BCUT2D eigenvalue weighted by Gasteiger charge is 2.57. The van der Waals surface area contributed by atoms with Crippen molar-refractivity contribution in [2.45, 2.75) is 19.3 Å². The molecule has 0 radical (unpaired) electrons. The Hall–Kier alpha value is -1.39. The standard InChI is InChI=1S/C10H13NO4/c12-9(13)5-10(6-11(14)15)4-7-2-1-3-8(7)10/h1,3,7-8H,2,4-6H2,(H,12,13)/t7-,8-,10-/m1/s1. The van der Waals surface area contributed by atoms with Crippen LogP contribution in [0.5, 0.6) is 0 Å². The first-order valence-electron chi connectivity index (χ1n) is 5.04. The first kappa shape index (κ1) is 10.1. The van der Waals surface area contributed by atoms with Crippen molar-refractivity contribution in [3.63, 3.8) is 0 Å². The van der Waals surface area contributed by atoms with Crippen molar-refractivity contribution >= 4 is 5.97 Å². The molecule has 3 atom stereocenters. The minimum absolute atomic E-state index is 0.0838. The topological polar surface area (TPSA) is 80.4 Å². The molecule has 0 heterocycles. The second-order valence-electron chi connectivity index (χ2n) is 4.58. The molecular weight excluding hydrogens is 198 g/mol. The molecule has 5 nitrogen and oxygen atoms in total. The van der Waals surface area contributed by atoms with Crippen LogP contribution in [0.2, 0.25) is 0 Å². The molecule has 0 saturated heterocycles. The van der Waals surface area contributed by atoms with Crippen LogP contribution in [-0.2, 0) is 4.79 Å². The fourth-order valence-corrected chi connectivity index (χ4v) is 3.09. The first-order chi connectivity index (χ1) is 7.03. The van der Waals surface area contributed by atoms with Gasteiger partial charge in [0.15, 0.2) is 0 Å². The average molecular weight is 211 g/mol. The fourth-order valence-electron chi connectivity index (χ4n) is 3.09. The Morgan fingerprint density at radius 2 is 2.40 bits per heavy atom. The van der Waals surface area contributed by atoms with E-state index in [1.54, 1.807) is 0 Å². The molecule has 2 aliphatic carbocycles. The van der Waals surface area contributed by atoms with E-state index in [1.165, 1.54) is 0 Å². The molecule has 15 heavy (non-hydrogen) atoms. The lowest BCUT2D eigenvalue weighted by Gasteiger charge is -2.48. The molecule has 0 aromatic rings. The van der Waals surface area contributed by atoms with E-state index >= 15 is 0 Å². The van der Waals surface area contributed by atoms with Gasteiger partial charge in [0.1, 0.15) is 0 Å². The number of fused-ring (bicyclic) bond motifs is 1. The zero-order chi connectivity index (χ0) is 11.1. The van der Waals surface area contributed by atoms with Gasteiger partial charge in [-0.3, -0.25) is 14.9 Å². The molecule has 0 bridgehead atoms. The highest BCUT2D eigenvalue weighted by Crippen LogP contribution is 2.58. The number of allylic oxidation sites excluding steroid dienone is 2. The summed E-state index contributed by atoms with van der Waals surface area (Å²) in [6.45, 7) is -0.217. The summed E-state index contributed by atoms with van der Waals surface area (Å²) in [7, 11) is 0. The highest BCUT2D eigenvalue weighted by atomic mass is 16.6. The SMILES string of the molecule is O=C(O)C[C@@]1(C[N+](=O)[O-])C[C@H]2CC=C[C@H]21. The number of aliphatic carboxylic acids is 1. The number of hydrogen-bond acceptors (Lipinski definition) is 3. The molecular formula is C10H13NO4. The van der Waals surface area contributed by atoms with Crippen molar-refractivity contribution in [3.8, 4) is 0 Å². The molecule has 0 aromatic heterocycles. The van der Waals surface area contributed by atoms with Gasteiger partial charge >= 0.3 is 5.97 Å². The third kappa shape index (κ3) is 1.62. The summed E-state index contributed by atoms with van der Waals surface area (Å²) in [6, 6.07) is 0. The van der Waals surface area contributed by atoms with Crippen LogP contribution in [0.1, 0.15) is 19.3 Å². The third-order valence-corrected chi connectivity index (χ3v) is 3.61. The molecule has 1 N–H and O–H groups in total. The Morgan fingerprint density at radius 3 is 2.93 bits per heavy atom. The minimum atomic E-state index is -0.935. The van der Waals surface area contributed by atoms with E-state index in [9.17, 15) is 14.9 Å². The predicted octanol–water partition coefficient (Wildman–Crippen LogP) is 1.32. The maximum Gasteiger partial charge on any atom is 0.304 e. The van der Waals surface area contributed by atoms with Gasteiger partial charge in [0.2, 0.25) is 6.54 Å². The summed E-state index contributed by atoms with van der Waals surface area (Å²) in [5.74, 6) is -0.376. The van der Waals surface area contributed by atoms with Crippen LogP contribution < -0.4 is 0 Å². The van der Waals surface area contributed by atoms with Crippen LogP contribution in [0.15, 0.2) is 12.2 Å². The van der Waals surface area contributed by atoms with Crippen LogP contribution in [0, 0.1) is 27.4 Å². The van der Waals surface area contributed by atoms with Gasteiger partial charge in [0.05, 0.1) is 11.8 Å². The number of carboxylic acid groups (broad SMARTS) is 1. The van der Waals surface area contributed by atoms with Gasteiger partial charge in [-0.2, -0.15) is 0 Å². The first-order valence-corrected chi connectivity index (χ1v) is 5.04. The van der Waals surface area contributed by atoms with E-state index in [0.717, 1.165) is 6.42 Å². The molecule has 2 aliphatic rings. The minimum Gasteiger partial charge on any atom is -0.481 e. The summed E-state index contributed by atoms with van der Waals surface area (Å²) >= 11 is 0. The van der Waals surface area contributed by atoms with Crippen molar-refractivity contribution in [3.05, 3.63) is 22.3 Å². The molecule has 0 amide bonds. The maximum atomic E-state index is 10.7. The van der Waals surface area contributed by atoms with E-state index in [0.29, 0.717) is 12.3 Å². The molecule has 82 valence electrons. The monoisotopic (exact) mass is 211 g/mol. The van der Waals surface area contributed by atoms with Crippen LogP contribution in [0.4, 0.5) is 0 Å². The molecule has 0 spiro atoms. The molecule has 0 unspecified atom stereocenters. The van der Waals surface area contributed by atoms with Gasteiger partial charge in [-0.05, 0) is 24.7 Å². The summed E-state index contributed by atoms with van der Waals surface area (Å²) < 4.78 is 0. The fraction of sp³-hybridized carbons (Fsp3) is 0.700. The molecule has 2 rings (SSSR count). The van der Waals surface area contributed by atoms with E-state index < -0.39 is 11.4 Å². The van der Waals surface area contributed by atoms with Crippen LogP contribution in [0.25, 0.3) is 0 Å². The smallest absolute Gasteiger partial charge is 0.304 e. The Bertz CT molecular complexity index is 320. The third-order valence-electron chi connectivity index (χ3n) is 3.61. The maximum absolute atomic E-state index is 10.7. The molecule has 0 aliphatic heterocycles. The number of nitro groups is 1. The Morgan fingerprint density at radius 1 is 1.67 bits per heavy atom. The number of rotatable bonds is 4. The quantitative estimate of drug-likeness (QED) is 0.432. The van der Waals surface area contributed by atoms with Gasteiger partial charge in [0.25, 0.3) is 0 Å². The Labute approximate surface area is 86.9 Å². The normalized spacial score (nSPS) is 37.1. The van der Waals surface area contributed by atoms with Crippen molar-refractivity contribution in [2.24, 2.45) is 17.3 Å². The molecule has 0 aromatic carbocycles. The van der Waals surface area contributed by atoms with E-state index in [-0.39, 0.29) is 23.8 Å². The summed E-state index contributed by atoms with van der Waals surface area (Å²) in [5, 5.41) is 19.4. The molecule has 1 saturated carbocycles. The van der Waals surface area contributed by atoms with Gasteiger partial charge in [-0.1, -0.05) is 12.2 Å². The number of carboxylic acids is 1. The zero-order valence-corrected chi connectivity index (χ0v) is 8.26. The lowest BCUT2D eigenvalue weighted by atomic mass is 9.53. The number of carbonyl (C=O) groups is 1. The Balaban J connectivity index is 2.13. The Kier molecular flexibility index (Phi) is 2.25. The number of nitrogens with zero attached hydrogens (tertiary/aromatic N) is 1. The largest absolute Gasteiger partial charge is 0.481 e. The van der Waals surface area contributed by atoms with E-state index in [4.69, 9.17) is 5.11 Å². The summed E-state index contributed by atoms with van der Waals surface area (Å²) in [6.07, 6.45) is 5.51. The second-order valence-corrected chi connectivity index (χ2v) is 4.58. The second kappa shape index (κ2) is 3.32. The van der Waals surface area contributed by atoms with Gasteiger partial charge in [0, 0.05) is 4.92 Å². The molecule has 1 fully saturated rings.